The fourth-order valence-electron chi connectivity index (χ4n) is 1.14. The van der Waals surface area contributed by atoms with Crippen molar-refractivity contribution in [1.82, 2.24) is 5.32 Å². The monoisotopic (exact) mass is 230 g/mol. The molecule has 0 atom stereocenters. The van der Waals surface area contributed by atoms with Crippen LogP contribution >= 0.6 is 11.6 Å². The molecule has 0 saturated heterocycles. The molecule has 3 nitrogen and oxygen atoms in total. The Morgan fingerprint density at radius 1 is 1.53 bits per heavy atom. The third kappa shape index (κ3) is 4.27. The Balaban J connectivity index is 2.38. The first-order chi connectivity index (χ1) is 7.09. The Bertz CT molecular complexity index is 357. The fourth-order valence-corrected chi connectivity index (χ4v) is 1.34. The van der Waals surface area contributed by atoms with Crippen molar-refractivity contribution in [2.24, 2.45) is 5.73 Å². The second-order valence-electron chi connectivity index (χ2n) is 3.14. The van der Waals surface area contributed by atoms with Crippen molar-refractivity contribution >= 4 is 17.5 Å². The maximum absolute atomic E-state index is 12.8. The molecule has 0 heterocycles. The summed E-state index contributed by atoms with van der Waals surface area (Å²) in [4.78, 5) is 10.4. The van der Waals surface area contributed by atoms with Gasteiger partial charge in [-0.15, -0.1) is 0 Å². The van der Waals surface area contributed by atoms with E-state index in [-0.39, 0.29) is 11.6 Å². The third-order valence-electron chi connectivity index (χ3n) is 1.87. The molecule has 1 rings (SSSR count). The van der Waals surface area contributed by atoms with Crippen molar-refractivity contribution in [2.45, 2.75) is 6.42 Å². The van der Waals surface area contributed by atoms with Gasteiger partial charge in [0.25, 0.3) is 0 Å². The lowest BCUT2D eigenvalue weighted by atomic mass is 10.1. The van der Waals surface area contributed by atoms with Gasteiger partial charge in [-0.3, -0.25) is 4.79 Å². The van der Waals surface area contributed by atoms with Crippen molar-refractivity contribution in [2.75, 3.05) is 13.1 Å². The predicted molar refractivity (Wildman–Crippen MR) is 57.2 cm³/mol. The lowest BCUT2D eigenvalue weighted by molar-refractivity contribution is -0.117. The molecule has 1 amide bonds. The van der Waals surface area contributed by atoms with Crippen LogP contribution in [0.4, 0.5) is 4.39 Å². The molecule has 0 bridgehead atoms. The van der Waals surface area contributed by atoms with Crippen LogP contribution in [0, 0.1) is 5.82 Å². The van der Waals surface area contributed by atoms with Crippen molar-refractivity contribution in [3.8, 4) is 0 Å². The molecule has 1 aromatic carbocycles. The zero-order valence-electron chi connectivity index (χ0n) is 8.09. The number of nitrogens with two attached hydrogens (primary N) is 1. The van der Waals surface area contributed by atoms with Gasteiger partial charge in [0.15, 0.2) is 0 Å². The molecule has 0 aliphatic rings. The Morgan fingerprint density at radius 3 is 2.87 bits per heavy atom. The van der Waals surface area contributed by atoms with Gasteiger partial charge in [0, 0.05) is 0 Å². The number of rotatable bonds is 5. The van der Waals surface area contributed by atoms with Crippen LogP contribution in [0.3, 0.4) is 0 Å². The normalized spacial score (nSPS) is 10.3. The summed E-state index contributed by atoms with van der Waals surface area (Å²) in [5.41, 5.74) is 5.86. The van der Waals surface area contributed by atoms with Gasteiger partial charge >= 0.3 is 0 Å². The van der Waals surface area contributed by atoms with Crippen LogP contribution < -0.4 is 11.1 Å². The molecule has 0 fully saturated rings. The number of nitrogens with one attached hydrogen (secondary N) is 1. The van der Waals surface area contributed by atoms with Crippen LogP contribution in [0.2, 0.25) is 5.02 Å². The molecule has 1 aromatic rings. The molecule has 0 aromatic heterocycles. The van der Waals surface area contributed by atoms with Crippen LogP contribution in [0.5, 0.6) is 0 Å². The largest absolute Gasteiger partial charge is 0.369 e. The average molecular weight is 231 g/mol. The van der Waals surface area contributed by atoms with Crippen LogP contribution in [0.15, 0.2) is 18.2 Å². The quantitative estimate of drug-likeness (QED) is 0.745. The Labute approximate surface area is 92.4 Å². The van der Waals surface area contributed by atoms with E-state index in [0.717, 1.165) is 5.56 Å². The summed E-state index contributed by atoms with van der Waals surface area (Å²) < 4.78 is 12.8. The van der Waals surface area contributed by atoms with Crippen molar-refractivity contribution < 1.29 is 9.18 Å². The molecule has 0 saturated carbocycles. The lowest BCUT2D eigenvalue weighted by Crippen LogP contribution is -2.29. The average Bonchev–Trinajstić information content (AvgIpc) is 2.18. The van der Waals surface area contributed by atoms with E-state index < -0.39 is 11.7 Å². The number of carbonyl (C=O) groups excluding carboxylic acids is 1. The molecule has 0 aliphatic heterocycles. The first-order valence-electron chi connectivity index (χ1n) is 4.52. The summed E-state index contributed by atoms with van der Waals surface area (Å²) in [7, 11) is 0. The maximum atomic E-state index is 12.8. The zero-order valence-corrected chi connectivity index (χ0v) is 8.85. The topological polar surface area (TPSA) is 55.1 Å². The van der Waals surface area contributed by atoms with E-state index in [2.05, 4.69) is 5.32 Å². The highest BCUT2D eigenvalue weighted by atomic mass is 35.5. The number of carbonyl (C=O) groups is 1. The highest BCUT2D eigenvalue weighted by molar-refractivity contribution is 6.30. The number of amides is 1. The standard InChI is InChI=1S/C10H12ClFN2O/c11-8-5-7(1-2-9(8)12)3-4-14-6-10(13)15/h1-2,5,14H,3-4,6H2,(H2,13,15). The van der Waals surface area contributed by atoms with E-state index in [1.807, 2.05) is 0 Å². The Morgan fingerprint density at radius 2 is 2.27 bits per heavy atom. The van der Waals surface area contributed by atoms with Gasteiger partial charge < -0.3 is 11.1 Å². The van der Waals surface area contributed by atoms with Crippen LogP contribution in [-0.4, -0.2) is 19.0 Å². The summed E-state index contributed by atoms with van der Waals surface area (Å²) in [6, 6.07) is 4.56. The van der Waals surface area contributed by atoms with E-state index in [1.165, 1.54) is 6.07 Å². The fraction of sp³-hybridized carbons (Fsp3) is 0.300. The number of hydrogen-bond acceptors (Lipinski definition) is 2. The SMILES string of the molecule is NC(=O)CNCCc1ccc(F)c(Cl)c1. The Hall–Kier alpha value is -1.13. The molecule has 0 radical (unpaired) electrons. The Kier molecular flexibility index (Phi) is 4.52. The molecule has 3 N–H and O–H groups in total. The van der Waals surface area contributed by atoms with Crippen molar-refractivity contribution in [3.63, 3.8) is 0 Å². The van der Waals surface area contributed by atoms with Crippen molar-refractivity contribution in [3.05, 3.63) is 34.6 Å². The minimum atomic E-state index is -0.425. The van der Waals surface area contributed by atoms with Gasteiger partial charge in [-0.25, -0.2) is 4.39 Å². The molecular formula is C10H12ClFN2O. The van der Waals surface area contributed by atoms with Gasteiger partial charge in [0.05, 0.1) is 11.6 Å². The predicted octanol–water partition coefficient (Wildman–Crippen LogP) is 1.10. The van der Waals surface area contributed by atoms with Crippen LogP contribution in [-0.2, 0) is 11.2 Å². The van der Waals surface area contributed by atoms with Gasteiger partial charge in [-0.1, -0.05) is 17.7 Å². The van der Waals surface area contributed by atoms with E-state index in [0.29, 0.717) is 13.0 Å². The van der Waals surface area contributed by atoms with E-state index >= 15 is 0 Å². The van der Waals surface area contributed by atoms with E-state index in [1.54, 1.807) is 12.1 Å². The summed E-state index contributed by atoms with van der Waals surface area (Å²) in [5.74, 6) is -0.822. The highest BCUT2D eigenvalue weighted by Gasteiger charge is 2.00. The summed E-state index contributed by atoms with van der Waals surface area (Å²) in [5, 5.41) is 2.97. The molecule has 0 unspecified atom stereocenters. The zero-order chi connectivity index (χ0) is 11.3. The third-order valence-corrected chi connectivity index (χ3v) is 2.16. The van der Waals surface area contributed by atoms with Crippen LogP contribution in [0.25, 0.3) is 0 Å². The summed E-state index contributed by atoms with van der Waals surface area (Å²) in [6.07, 6.45) is 0.674. The molecule has 15 heavy (non-hydrogen) atoms. The molecule has 0 spiro atoms. The van der Waals surface area contributed by atoms with Gasteiger partial charge in [-0.05, 0) is 30.7 Å². The number of halogens is 2. The molecule has 5 heteroatoms. The maximum Gasteiger partial charge on any atom is 0.231 e. The van der Waals surface area contributed by atoms with Gasteiger partial charge in [0.2, 0.25) is 5.91 Å². The first kappa shape index (κ1) is 11.9. The number of benzene rings is 1. The molecular weight excluding hydrogens is 219 g/mol. The van der Waals surface area contributed by atoms with E-state index in [4.69, 9.17) is 17.3 Å². The second kappa shape index (κ2) is 5.68. The van der Waals surface area contributed by atoms with Gasteiger partial charge in [-0.2, -0.15) is 0 Å². The smallest absolute Gasteiger partial charge is 0.231 e. The van der Waals surface area contributed by atoms with E-state index in [9.17, 15) is 9.18 Å². The second-order valence-corrected chi connectivity index (χ2v) is 3.55. The molecule has 82 valence electrons. The van der Waals surface area contributed by atoms with Gasteiger partial charge in [0.1, 0.15) is 5.82 Å². The minimum Gasteiger partial charge on any atom is -0.369 e. The number of primary amides is 1. The minimum absolute atomic E-state index is 0.113. The summed E-state index contributed by atoms with van der Waals surface area (Å²) in [6.45, 7) is 0.750. The molecule has 0 aliphatic carbocycles. The van der Waals surface area contributed by atoms with Crippen molar-refractivity contribution in [1.29, 1.82) is 0 Å². The number of hydrogen-bond donors (Lipinski definition) is 2. The highest BCUT2D eigenvalue weighted by Crippen LogP contribution is 2.15. The summed E-state index contributed by atoms with van der Waals surface area (Å²) >= 11 is 5.61. The first-order valence-corrected chi connectivity index (χ1v) is 4.90. The van der Waals surface area contributed by atoms with Crippen LogP contribution in [0.1, 0.15) is 5.56 Å². The lowest BCUT2D eigenvalue weighted by Gasteiger charge is -2.03.